The molecule has 0 spiro atoms. The van der Waals surface area contributed by atoms with E-state index in [2.05, 4.69) is 5.32 Å². The lowest BCUT2D eigenvalue weighted by atomic mass is 9.98. The fourth-order valence-corrected chi connectivity index (χ4v) is 1.51. The van der Waals surface area contributed by atoms with E-state index >= 15 is 0 Å². The summed E-state index contributed by atoms with van der Waals surface area (Å²) in [5, 5.41) is 3.33. The van der Waals surface area contributed by atoms with Crippen LogP contribution >= 0.6 is 0 Å². The first-order chi connectivity index (χ1) is 7.12. The summed E-state index contributed by atoms with van der Waals surface area (Å²) in [5.74, 6) is -0.172. The van der Waals surface area contributed by atoms with E-state index in [1.54, 1.807) is 7.11 Å². The number of carbonyl (C=O) groups is 1. The molecule has 0 bridgehead atoms. The van der Waals surface area contributed by atoms with Crippen LogP contribution in [0.3, 0.4) is 0 Å². The minimum absolute atomic E-state index is 0.172. The van der Waals surface area contributed by atoms with Gasteiger partial charge in [-0.25, -0.2) is 0 Å². The summed E-state index contributed by atoms with van der Waals surface area (Å²) < 4.78 is 10.1. The minimum Gasteiger partial charge on any atom is -0.465 e. The number of hydrogen-bond acceptors (Lipinski definition) is 4. The molecule has 4 nitrogen and oxygen atoms in total. The molecule has 1 unspecified atom stereocenters. The number of ether oxygens (including phenoxy) is 2. The molecule has 1 N–H and O–H groups in total. The van der Waals surface area contributed by atoms with Gasteiger partial charge in [0.1, 0.15) is 5.54 Å². The van der Waals surface area contributed by atoms with Crippen molar-refractivity contribution < 1.29 is 14.3 Å². The summed E-state index contributed by atoms with van der Waals surface area (Å²) in [6.07, 6.45) is 2.96. The number of carbonyl (C=O) groups excluding carboxylic acids is 1. The molecule has 1 rings (SSSR count). The van der Waals surface area contributed by atoms with Crippen molar-refractivity contribution in [2.75, 3.05) is 20.3 Å². The molecule has 0 aliphatic heterocycles. The smallest absolute Gasteiger partial charge is 0.326 e. The molecule has 0 saturated heterocycles. The lowest BCUT2D eigenvalue weighted by molar-refractivity contribution is -0.151. The van der Waals surface area contributed by atoms with E-state index < -0.39 is 5.54 Å². The summed E-state index contributed by atoms with van der Waals surface area (Å²) in [6.45, 7) is 4.71. The Morgan fingerprint density at radius 2 is 2.20 bits per heavy atom. The van der Waals surface area contributed by atoms with Gasteiger partial charge in [-0.2, -0.15) is 0 Å². The Labute approximate surface area is 91.3 Å². The number of rotatable bonds is 7. The van der Waals surface area contributed by atoms with Crippen LogP contribution < -0.4 is 5.32 Å². The number of hydrogen-bond donors (Lipinski definition) is 1. The SMILES string of the molecule is CCOC(=O)C(C)(CCOC)NC1CC1. The van der Waals surface area contributed by atoms with Crippen molar-refractivity contribution in [1.82, 2.24) is 5.32 Å². The summed E-state index contributed by atoms with van der Waals surface area (Å²) in [6, 6.07) is 0.483. The third kappa shape index (κ3) is 3.80. The summed E-state index contributed by atoms with van der Waals surface area (Å²) in [4.78, 5) is 11.8. The third-order valence-electron chi connectivity index (χ3n) is 2.63. The van der Waals surface area contributed by atoms with E-state index in [1.165, 1.54) is 0 Å². The topological polar surface area (TPSA) is 47.6 Å². The zero-order chi connectivity index (χ0) is 11.3. The van der Waals surface area contributed by atoms with Gasteiger partial charge in [0, 0.05) is 19.8 Å². The molecular formula is C11H21NO3. The normalized spacial score (nSPS) is 19.7. The van der Waals surface area contributed by atoms with Crippen molar-refractivity contribution in [3.8, 4) is 0 Å². The van der Waals surface area contributed by atoms with E-state index in [1.807, 2.05) is 13.8 Å². The molecule has 15 heavy (non-hydrogen) atoms. The maximum atomic E-state index is 11.8. The van der Waals surface area contributed by atoms with Gasteiger partial charge in [0.15, 0.2) is 0 Å². The van der Waals surface area contributed by atoms with Crippen LogP contribution in [0, 0.1) is 0 Å². The summed E-state index contributed by atoms with van der Waals surface area (Å²) >= 11 is 0. The summed E-state index contributed by atoms with van der Waals surface area (Å²) in [7, 11) is 1.64. The standard InChI is InChI=1S/C11H21NO3/c1-4-15-10(13)11(2,7-8-14-3)12-9-5-6-9/h9,12H,4-8H2,1-3H3. The molecule has 1 aliphatic rings. The van der Waals surface area contributed by atoms with Gasteiger partial charge in [0.2, 0.25) is 0 Å². The molecule has 0 aromatic carbocycles. The van der Waals surface area contributed by atoms with E-state index in [0.29, 0.717) is 25.7 Å². The first kappa shape index (κ1) is 12.5. The van der Waals surface area contributed by atoms with Crippen molar-refractivity contribution in [3.63, 3.8) is 0 Å². The van der Waals surface area contributed by atoms with E-state index in [-0.39, 0.29) is 5.97 Å². The van der Waals surface area contributed by atoms with Crippen LogP contribution in [-0.2, 0) is 14.3 Å². The largest absolute Gasteiger partial charge is 0.465 e. The number of esters is 1. The molecule has 1 fully saturated rings. The molecule has 88 valence electrons. The Bertz CT molecular complexity index is 216. The quantitative estimate of drug-likeness (QED) is 0.646. The third-order valence-corrected chi connectivity index (χ3v) is 2.63. The highest BCUT2D eigenvalue weighted by Gasteiger charge is 2.39. The van der Waals surface area contributed by atoms with Crippen molar-refractivity contribution in [3.05, 3.63) is 0 Å². The van der Waals surface area contributed by atoms with Crippen LogP contribution in [0.4, 0.5) is 0 Å². The predicted octanol–water partition coefficient (Wildman–Crippen LogP) is 1.10. The number of nitrogens with one attached hydrogen (secondary N) is 1. The molecule has 1 atom stereocenters. The van der Waals surface area contributed by atoms with Crippen LogP contribution in [0.1, 0.15) is 33.1 Å². The highest BCUT2D eigenvalue weighted by atomic mass is 16.5. The molecule has 1 aliphatic carbocycles. The lowest BCUT2D eigenvalue weighted by Gasteiger charge is -2.28. The molecular weight excluding hydrogens is 194 g/mol. The Kier molecular flexibility index (Phi) is 4.54. The monoisotopic (exact) mass is 215 g/mol. The fourth-order valence-electron chi connectivity index (χ4n) is 1.51. The minimum atomic E-state index is -0.590. The lowest BCUT2D eigenvalue weighted by Crippen LogP contribution is -2.52. The average molecular weight is 215 g/mol. The summed E-state index contributed by atoms with van der Waals surface area (Å²) in [5.41, 5.74) is -0.590. The molecule has 0 amide bonds. The van der Waals surface area contributed by atoms with Gasteiger partial charge >= 0.3 is 5.97 Å². The maximum Gasteiger partial charge on any atom is 0.326 e. The maximum absolute atomic E-state index is 11.8. The molecule has 0 radical (unpaired) electrons. The zero-order valence-corrected chi connectivity index (χ0v) is 9.84. The van der Waals surface area contributed by atoms with Gasteiger partial charge in [-0.1, -0.05) is 0 Å². The Hall–Kier alpha value is -0.610. The number of methoxy groups -OCH3 is 1. The fraction of sp³-hybridized carbons (Fsp3) is 0.909. The Balaban J connectivity index is 2.51. The highest BCUT2D eigenvalue weighted by Crippen LogP contribution is 2.24. The van der Waals surface area contributed by atoms with Crippen LogP contribution in [0.25, 0.3) is 0 Å². The van der Waals surface area contributed by atoms with Gasteiger partial charge in [-0.15, -0.1) is 0 Å². The molecule has 0 aromatic rings. The molecule has 4 heteroatoms. The second-order valence-corrected chi connectivity index (χ2v) is 4.21. The molecule has 1 saturated carbocycles. The van der Waals surface area contributed by atoms with E-state index in [4.69, 9.17) is 9.47 Å². The second kappa shape index (κ2) is 5.47. The van der Waals surface area contributed by atoms with Gasteiger partial charge in [-0.05, 0) is 33.1 Å². The second-order valence-electron chi connectivity index (χ2n) is 4.21. The van der Waals surface area contributed by atoms with Crippen molar-refractivity contribution in [2.45, 2.75) is 44.7 Å². The van der Waals surface area contributed by atoms with Gasteiger partial charge in [-0.3, -0.25) is 10.1 Å². The van der Waals surface area contributed by atoms with Gasteiger partial charge in [0.25, 0.3) is 0 Å². The zero-order valence-electron chi connectivity index (χ0n) is 9.84. The Morgan fingerprint density at radius 1 is 1.53 bits per heavy atom. The van der Waals surface area contributed by atoms with Crippen molar-refractivity contribution in [2.24, 2.45) is 0 Å². The van der Waals surface area contributed by atoms with Crippen molar-refractivity contribution >= 4 is 5.97 Å². The predicted molar refractivity (Wildman–Crippen MR) is 57.7 cm³/mol. The average Bonchev–Trinajstić information content (AvgIpc) is 2.99. The van der Waals surface area contributed by atoms with Crippen LogP contribution in [-0.4, -0.2) is 37.9 Å². The van der Waals surface area contributed by atoms with E-state index in [0.717, 1.165) is 12.8 Å². The molecule has 0 aromatic heterocycles. The van der Waals surface area contributed by atoms with Gasteiger partial charge < -0.3 is 9.47 Å². The van der Waals surface area contributed by atoms with Crippen LogP contribution in [0.2, 0.25) is 0 Å². The first-order valence-electron chi connectivity index (χ1n) is 5.56. The van der Waals surface area contributed by atoms with E-state index in [9.17, 15) is 4.79 Å². The van der Waals surface area contributed by atoms with Gasteiger partial charge in [0.05, 0.1) is 6.61 Å². The highest BCUT2D eigenvalue weighted by molar-refractivity contribution is 5.80. The molecule has 0 heterocycles. The van der Waals surface area contributed by atoms with Crippen molar-refractivity contribution in [1.29, 1.82) is 0 Å². The first-order valence-corrected chi connectivity index (χ1v) is 5.56. The Morgan fingerprint density at radius 3 is 2.67 bits per heavy atom. The van der Waals surface area contributed by atoms with Crippen LogP contribution in [0.5, 0.6) is 0 Å². The van der Waals surface area contributed by atoms with Crippen LogP contribution in [0.15, 0.2) is 0 Å².